The maximum absolute atomic E-state index is 12.7. The van der Waals surface area contributed by atoms with Crippen LogP contribution in [0.1, 0.15) is 35.3 Å². The van der Waals surface area contributed by atoms with Crippen LogP contribution >= 0.6 is 11.6 Å². The summed E-state index contributed by atoms with van der Waals surface area (Å²) >= 11 is 5.79. The molecule has 0 saturated carbocycles. The van der Waals surface area contributed by atoms with Crippen LogP contribution in [0.3, 0.4) is 0 Å². The van der Waals surface area contributed by atoms with Crippen LogP contribution in [-0.4, -0.2) is 40.1 Å². The molecule has 1 amide bonds. The Labute approximate surface area is 181 Å². The van der Waals surface area contributed by atoms with Crippen LogP contribution in [0.5, 0.6) is 0 Å². The Morgan fingerprint density at radius 3 is 2.52 bits per heavy atom. The minimum atomic E-state index is -0.781. The molecule has 3 rings (SSSR count). The lowest BCUT2D eigenvalue weighted by Crippen LogP contribution is -2.18. The number of aliphatic imine (C=N–C) groups is 2. The third-order valence-electron chi connectivity index (χ3n) is 4.32. The van der Waals surface area contributed by atoms with Gasteiger partial charge in [0.25, 0.3) is 11.6 Å². The van der Waals surface area contributed by atoms with Gasteiger partial charge in [0.2, 0.25) is 0 Å². The van der Waals surface area contributed by atoms with Gasteiger partial charge in [0.15, 0.2) is 5.84 Å². The quantitative estimate of drug-likeness (QED) is 0.245. The fourth-order valence-corrected chi connectivity index (χ4v) is 3.14. The summed E-state index contributed by atoms with van der Waals surface area (Å²) in [5.41, 5.74) is 0.429. The van der Waals surface area contributed by atoms with Gasteiger partial charge in [-0.1, -0.05) is 35.9 Å². The van der Waals surface area contributed by atoms with Crippen LogP contribution in [0.15, 0.2) is 63.8 Å². The van der Waals surface area contributed by atoms with Crippen molar-refractivity contribution in [1.82, 2.24) is 0 Å². The molecule has 0 unspecified atom stereocenters. The van der Waals surface area contributed by atoms with Crippen LogP contribution in [-0.2, 0) is 9.53 Å². The highest BCUT2D eigenvalue weighted by Crippen LogP contribution is 2.28. The van der Waals surface area contributed by atoms with Crippen molar-refractivity contribution in [2.45, 2.75) is 13.8 Å². The van der Waals surface area contributed by atoms with Crippen molar-refractivity contribution in [3.8, 4) is 0 Å². The van der Waals surface area contributed by atoms with Gasteiger partial charge in [-0.25, -0.2) is 9.79 Å². The van der Waals surface area contributed by atoms with E-state index in [9.17, 15) is 24.8 Å². The Balaban J connectivity index is 2.09. The number of nitrogens with zero attached hydrogens (tertiary/aromatic N) is 3. The maximum atomic E-state index is 12.7. The molecule has 1 N–H and O–H groups in total. The smallest absolute Gasteiger partial charge is 0.343 e. The predicted molar refractivity (Wildman–Crippen MR) is 114 cm³/mol. The minimum Gasteiger partial charge on any atom is -0.512 e. The minimum absolute atomic E-state index is 0.00347. The molecule has 0 atom stereocenters. The first-order valence-electron chi connectivity index (χ1n) is 9.07. The van der Waals surface area contributed by atoms with Gasteiger partial charge in [-0.05, 0) is 26.0 Å². The number of fused-ring (bicyclic) bond motifs is 1. The van der Waals surface area contributed by atoms with E-state index in [4.69, 9.17) is 16.3 Å². The standard InChI is InChI=1S/C21H16ClN3O6/c1-3-31-21(28)17(11(2)26)18-13-6-4-5-7-14(13)19(23-18)24-20(27)12-8-9-15(22)16(10-12)25(29)30/h4-10,26H,3H2,1-2H3. The number of carbonyl (C=O) groups excluding carboxylic acids is 2. The van der Waals surface area contributed by atoms with Gasteiger partial charge < -0.3 is 9.84 Å². The van der Waals surface area contributed by atoms with E-state index in [2.05, 4.69) is 9.98 Å². The molecule has 0 bridgehead atoms. The zero-order valence-electron chi connectivity index (χ0n) is 16.5. The highest BCUT2D eigenvalue weighted by atomic mass is 35.5. The molecule has 158 valence electrons. The topological polar surface area (TPSA) is 131 Å². The summed E-state index contributed by atoms with van der Waals surface area (Å²) in [7, 11) is 0. The molecule has 1 aliphatic heterocycles. The Morgan fingerprint density at radius 2 is 1.90 bits per heavy atom. The number of nitro benzene ring substituents is 1. The molecule has 1 heterocycles. The summed E-state index contributed by atoms with van der Waals surface area (Å²) in [6.45, 7) is 3.05. The number of esters is 1. The lowest BCUT2D eigenvalue weighted by atomic mass is 9.99. The number of rotatable bonds is 5. The fourth-order valence-electron chi connectivity index (χ4n) is 2.95. The number of amidine groups is 1. The van der Waals surface area contributed by atoms with Crippen molar-refractivity contribution >= 4 is 40.7 Å². The zero-order chi connectivity index (χ0) is 22.7. The summed E-state index contributed by atoms with van der Waals surface area (Å²) in [6.07, 6.45) is 0. The summed E-state index contributed by atoms with van der Waals surface area (Å²) in [6, 6.07) is 10.3. The van der Waals surface area contributed by atoms with Crippen molar-refractivity contribution in [2.24, 2.45) is 9.98 Å². The highest BCUT2D eigenvalue weighted by molar-refractivity contribution is 6.36. The molecule has 1 aliphatic rings. The number of aliphatic hydroxyl groups excluding tert-OH is 1. The second-order valence-electron chi connectivity index (χ2n) is 6.35. The monoisotopic (exact) mass is 441 g/mol. The van der Waals surface area contributed by atoms with Crippen molar-refractivity contribution < 1.29 is 24.4 Å². The van der Waals surface area contributed by atoms with E-state index in [0.29, 0.717) is 11.1 Å². The van der Waals surface area contributed by atoms with Crippen LogP contribution in [0.25, 0.3) is 0 Å². The number of aliphatic hydroxyl groups is 1. The average molecular weight is 442 g/mol. The maximum Gasteiger partial charge on any atom is 0.343 e. The van der Waals surface area contributed by atoms with Gasteiger partial charge in [0.1, 0.15) is 16.4 Å². The van der Waals surface area contributed by atoms with Crippen molar-refractivity contribution in [1.29, 1.82) is 0 Å². The first kappa shape index (κ1) is 21.8. The van der Waals surface area contributed by atoms with Crippen molar-refractivity contribution in [3.05, 3.63) is 85.6 Å². The number of hydrogen-bond donors (Lipinski definition) is 1. The molecule has 0 aromatic heterocycles. The Hall–Kier alpha value is -3.85. The van der Waals surface area contributed by atoms with Gasteiger partial charge in [0, 0.05) is 22.8 Å². The van der Waals surface area contributed by atoms with Gasteiger partial charge in [-0.15, -0.1) is 0 Å². The van der Waals surface area contributed by atoms with Crippen LogP contribution in [0, 0.1) is 10.1 Å². The number of ether oxygens (including phenoxy) is 1. The van der Waals surface area contributed by atoms with Crippen LogP contribution < -0.4 is 0 Å². The van der Waals surface area contributed by atoms with Crippen molar-refractivity contribution in [2.75, 3.05) is 6.61 Å². The molecule has 0 spiro atoms. The van der Waals surface area contributed by atoms with E-state index in [0.717, 1.165) is 6.07 Å². The van der Waals surface area contributed by atoms with E-state index in [1.54, 1.807) is 31.2 Å². The number of carbonyl (C=O) groups is 2. The number of benzene rings is 2. The molecule has 9 nitrogen and oxygen atoms in total. The Kier molecular flexibility index (Phi) is 6.26. The van der Waals surface area contributed by atoms with Crippen molar-refractivity contribution in [3.63, 3.8) is 0 Å². The van der Waals surface area contributed by atoms with Gasteiger partial charge in [0.05, 0.1) is 17.2 Å². The van der Waals surface area contributed by atoms with E-state index in [-0.39, 0.29) is 40.1 Å². The largest absolute Gasteiger partial charge is 0.512 e. The Bertz CT molecular complexity index is 1200. The summed E-state index contributed by atoms with van der Waals surface area (Å²) in [5.74, 6) is -1.85. The molecule has 31 heavy (non-hydrogen) atoms. The highest BCUT2D eigenvalue weighted by Gasteiger charge is 2.30. The van der Waals surface area contributed by atoms with Crippen LogP contribution in [0.4, 0.5) is 5.69 Å². The second-order valence-corrected chi connectivity index (χ2v) is 6.76. The first-order chi connectivity index (χ1) is 14.7. The molecule has 0 radical (unpaired) electrons. The molecule has 2 aromatic rings. The summed E-state index contributed by atoms with van der Waals surface area (Å²) < 4.78 is 5.00. The first-order valence-corrected chi connectivity index (χ1v) is 9.45. The van der Waals surface area contributed by atoms with E-state index in [1.807, 2.05) is 0 Å². The van der Waals surface area contributed by atoms with Gasteiger partial charge in [-0.3, -0.25) is 14.9 Å². The summed E-state index contributed by atoms with van der Waals surface area (Å²) in [4.78, 5) is 43.7. The third-order valence-corrected chi connectivity index (χ3v) is 4.64. The lowest BCUT2D eigenvalue weighted by Gasteiger charge is -2.08. The molecular formula is C21H16ClN3O6. The lowest BCUT2D eigenvalue weighted by molar-refractivity contribution is -0.384. The normalized spacial score (nSPS) is 14.5. The number of amides is 1. The molecule has 0 fully saturated rings. The number of halogens is 1. The number of hydrogen-bond acceptors (Lipinski definition) is 6. The second kappa shape index (κ2) is 8.88. The molecule has 2 aromatic carbocycles. The SMILES string of the molecule is CCOC(=O)C(C1=NC(=NC(=O)c2ccc(Cl)c([N+](=O)[O-])c2)c2ccccc21)=C(C)O. The average Bonchev–Trinajstić information content (AvgIpc) is 3.06. The predicted octanol–water partition coefficient (Wildman–Crippen LogP) is 4.03. The third kappa shape index (κ3) is 4.36. The van der Waals surface area contributed by atoms with Gasteiger partial charge in [-0.2, -0.15) is 4.99 Å². The van der Waals surface area contributed by atoms with E-state index < -0.39 is 22.5 Å². The van der Waals surface area contributed by atoms with E-state index >= 15 is 0 Å². The molecule has 0 saturated heterocycles. The number of nitro groups is 1. The molecule has 10 heteroatoms. The van der Waals surface area contributed by atoms with Gasteiger partial charge >= 0.3 is 5.97 Å². The number of allylic oxidation sites excluding steroid dienone is 1. The molecular weight excluding hydrogens is 426 g/mol. The fraction of sp³-hybridized carbons (Fsp3) is 0.143. The van der Waals surface area contributed by atoms with Crippen LogP contribution in [0.2, 0.25) is 5.02 Å². The molecule has 0 aliphatic carbocycles. The Morgan fingerprint density at radius 1 is 1.23 bits per heavy atom. The zero-order valence-corrected chi connectivity index (χ0v) is 17.2. The van der Waals surface area contributed by atoms with E-state index in [1.165, 1.54) is 19.1 Å². The summed E-state index contributed by atoms with van der Waals surface area (Å²) in [5, 5.41) is 21.0.